The standard InChI is InChI=1S/C10H15ClN4S/c1-6-5-15(3-4-16-6)9-8(12)7(2)13-10(11)14-9/h6H,3-5,12H2,1-2H3. The summed E-state index contributed by atoms with van der Waals surface area (Å²) in [6.45, 7) is 5.99. The van der Waals surface area contributed by atoms with Crippen LogP contribution in [-0.4, -0.2) is 34.1 Å². The van der Waals surface area contributed by atoms with Gasteiger partial charge in [0.1, 0.15) is 0 Å². The lowest BCUT2D eigenvalue weighted by Gasteiger charge is -2.32. The fourth-order valence-electron chi connectivity index (χ4n) is 1.78. The van der Waals surface area contributed by atoms with Gasteiger partial charge in [0.2, 0.25) is 5.28 Å². The lowest BCUT2D eigenvalue weighted by Crippen LogP contribution is -2.37. The number of thioether (sulfide) groups is 1. The summed E-state index contributed by atoms with van der Waals surface area (Å²) >= 11 is 7.84. The molecular weight excluding hydrogens is 244 g/mol. The molecule has 2 heterocycles. The fraction of sp³-hybridized carbons (Fsp3) is 0.600. The second-order valence-corrected chi connectivity index (χ2v) is 5.83. The number of halogens is 1. The minimum Gasteiger partial charge on any atom is -0.394 e. The Morgan fingerprint density at radius 3 is 2.94 bits per heavy atom. The lowest BCUT2D eigenvalue weighted by atomic mass is 10.3. The second kappa shape index (κ2) is 4.67. The molecule has 1 aromatic heterocycles. The fourth-order valence-corrected chi connectivity index (χ4v) is 3.01. The Morgan fingerprint density at radius 1 is 1.50 bits per heavy atom. The summed E-state index contributed by atoms with van der Waals surface area (Å²) in [5.74, 6) is 1.88. The molecule has 4 nitrogen and oxygen atoms in total. The van der Waals surface area contributed by atoms with Gasteiger partial charge in [-0.05, 0) is 18.5 Å². The smallest absolute Gasteiger partial charge is 0.224 e. The number of nitrogens with two attached hydrogens (primary N) is 1. The molecule has 0 radical (unpaired) electrons. The van der Waals surface area contributed by atoms with Crippen molar-refractivity contribution >= 4 is 34.9 Å². The molecule has 0 spiro atoms. The van der Waals surface area contributed by atoms with Crippen molar-refractivity contribution in [2.45, 2.75) is 19.1 Å². The minimum absolute atomic E-state index is 0.271. The third-order valence-corrected chi connectivity index (χ3v) is 3.93. The number of aryl methyl sites for hydroxylation is 1. The zero-order valence-electron chi connectivity index (χ0n) is 9.40. The number of rotatable bonds is 1. The van der Waals surface area contributed by atoms with Crippen molar-refractivity contribution < 1.29 is 0 Å². The molecule has 0 amide bonds. The molecule has 1 atom stereocenters. The first-order valence-electron chi connectivity index (χ1n) is 5.24. The molecule has 2 N–H and O–H groups in total. The molecule has 6 heteroatoms. The van der Waals surface area contributed by atoms with E-state index in [-0.39, 0.29) is 5.28 Å². The molecule has 2 rings (SSSR count). The van der Waals surface area contributed by atoms with Crippen LogP contribution in [0.5, 0.6) is 0 Å². The molecule has 88 valence electrons. The van der Waals surface area contributed by atoms with Crippen molar-refractivity contribution in [2.75, 3.05) is 29.5 Å². The van der Waals surface area contributed by atoms with Crippen molar-refractivity contribution in [3.05, 3.63) is 11.0 Å². The van der Waals surface area contributed by atoms with Crippen LogP contribution in [0.2, 0.25) is 5.28 Å². The Balaban J connectivity index is 2.32. The lowest BCUT2D eigenvalue weighted by molar-refractivity contribution is 0.768. The van der Waals surface area contributed by atoms with Gasteiger partial charge in [-0.25, -0.2) is 4.98 Å². The molecule has 0 bridgehead atoms. The van der Waals surface area contributed by atoms with Gasteiger partial charge in [0.05, 0.1) is 11.4 Å². The van der Waals surface area contributed by atoms with Gasteiger partial charge in [0.15, 0.2) is 5.82 Å². The van der Waals surface area contributed by atoms with Crippen LogP contribution < -0.4 is 10.6 Å². The van der Waals surface area contributed by atoms with Gasteiger partial charge in [-0.1, -0.05) is 6.92 Å². The quantitative estimate of drug-likeness (QED) is 0.781. The molecular formula is C10H15ClN4S. The molecule has 16 heavy (non-hydrogen) atoms. The van der Waals surface area contributed by atoms with E-state index in [1.54, 1.807) is 0 Å². The maximum Gasteiger partial charge on any atom is 0.224 e. The first-order chi connectivity index (χ1) is 7.58. The van der Waals surface area contributed by atoms with E-state index in [0.29, 0.717) is 10.9 Å². The van der Waals surface area contributed by atoms with Crippen LogP contribution in [0.25, 0.3) is 0 Å². The molecule has 1 aliphatic heterocycles. The summed E-state index contributed by atoms with van der Waals surface area (Å²) < 4.78 is 0. The SMILES string of the molecule is Cc1nc(Cl)nc(N2CCSC(C)C2)c1N. The summed E-state index contributed by atoms with van der Waals surface area (Å²) in [6, 6.07) is 0. The maximum atomic E-state index is 6.00. The van der Waals surface area contributed by atoms with Crippen molar-refractivity contribution in [2.24, 2.45) is 0 Å². The predicted molar refractivity (Wildman–Crippen MR) is 70.3 cm³/mol. The summed E-state index contributed by atoms with van der Waals surface area (Å²) in [7, 11) is 0. The van der Waals surface area contributed by atoms with Crippen LogP contribution in [0.4, 0.5) is 11.5 Å². The van der Waals surface area contributed by atoms with Gasteiger partial charge >= 0.3 is 0 Å². The maximum absolute atomic E-state index is 6.00. The summed E-state index contributed by atoms with van der Waals surface area (Å²) in [5, 5.41) is 0.870. The Kier molecular flexibility index (Phi) is 3.44. The number of hydrogen-bond donors (Lipinski definition) is 1. The van der Waals surface area contributed by atoms with Gasteiger partial charge in [-0.15, -0.1) is 0 Å². The van der Waals surface area contributed by atoms with Crippen LogP contribution in [0.3, 0.4) is 0 Å². The highest BCUT2D eigenvalue weighted by Gasteiger charge is 2.21. The van der Waals surface area contributed by atoms with E-state index in [1.165, 1.54) is 0 Å². The first-order valence-corrected chi connectivity index (χ1v) is 6.66. The third-order valence-electron chi connectivity index (χ3n) is 2.63. The van der Waals surface area contributed by atoms with Crippen LogP contribution in [0, 0.1) is 6.92 Å². The van der Waals surface area contributed by atoms with Gasteiger partial charge in [0, 0.05) is 24.1 Å². The molecule has 1 aliphatic rings. The van der Waals surface area contributed by atoms with Gasteiger partial charge in [-0.2, -0.15) is 16.7 Å². The first kappa shape index (κ1) is 11.8. The van der Waals surface area contributed by atoms with Crippen LogP contribution in [0.1, 0.15) is 12.6 Å². The van der Waals surface area contributed by atoms with Gasteiger partial charge in [0.25, 0.3) is 0 Å². The Hall–Kier alpha value is -0.680. The van der Waals surface area contributed by atoms with E-state index in [9.17, 15) is 0 Å². The average molecular weight is 259 g/mol. The Labute approximate surface area is 105 Å². The van der Waals surface area contributed by atoms with Crippen molar-refractivity contribution in [1.82, 2.24) is 9.97 Å². The average Bonchev–Trinajstić information content (AvgIpc) is 2.23. The monoisotopic (exact) mass is 258 g/mol. The van der Waals surface area contributed by atoms with Crippen molar-refractivity contribution in [3.8, 4) is 0 Å². The number of nitrogens with zero attached hydrogens (tertiary/aromatic N) is 3. The highest BCUT2D eigenvalue weighted by atomic mass is 35.5. The topological polar surface area (TPSA) is 55.0 Å². The zero-order valence-corrected chi connectivity index (χ0v) is 11.0. The van der Waals surface area contributed by atoms with E-state index >= 15 is 0 Å². The molecule has 0 aromatic carbocycles. The predicted octanol–water partition coefficient (Wildman–Crippen LogP) is 1.96. The second-order valence-electron chi connectivity index (χ2n) is 3.94. The number of nitrogen functional groups attached to an aromatic ring is 1. The Bertz CT molecular complexity index is 399. The summed E-state index contributed by atoms with van der Waals surface area (Å²) in [5.41, 5.74) is 7.39. The number of hydrogen-bond acceptors (Lipinski definition) is 5. The van der Waals surface area contributed by atoms with E-state index in [1.807, 2.05) is 18.7 Å². The third kappa shape index (κ3) is 2.35. The highest BCUT2D eigenvalue weighted by Crippen LogP contribution is 2.28. The zero-order chi connectivity index (χ0) is 11.7. The van der Waals surface area contributed by atoms with Crippen LogP contribution >= 0.6 is 23.4 Å². The molecule has 0 aliphatic carbocycles. The molecule has 0 saturated carbocycles. The molecule has 1 saturated heterocycles. The van der Waals surface area contributed by atoms with E-state index in [0.717, 1.165) is 30.4 Å². The molecule has 1 aromatic rings. The van der Waals surface area contributed by atoms with Crippen LogP contribution in [-0.2, 0) is 0 Å². The van der Waals surface area contributed by atoms with E-state index < -0.39 is 0 Å². The number of anilines is 2. The van der Waals surface area contributed by atoms with Crippen molar-refractivity contribution in [3.63, 3.8) is 0 Å². The summed E-state index contributed by atoms with van der Waals surface area (Å²) in [4.78, 5) is 10.5. The van der Waals surface area contributed by atoms with Crippen LogP contribution in [0.15, 0.2) is 0 Å². The largest absolute Gasteiger partial charge is 0.394 e. The van der Waals surface area contributed by atoms with Gasteiger partial charge < -0.3 is 10.6 Å². The highest BCUT2D eigenvalue weighted by molar-refractivity contribution is 8.00. The van der Waals surface area contributed by atoms with Gasteiger partial charge in [-0.3, -0.25) is 0 Å². The molecule has 1 fully saturated rings. The summed E-state index contributed by atoms with van der Waals surface area (Å²) in [6.07, 6.45) is 0. The van der Waals surface area contributed by atoms with E-state index in [4.69, 9.17) is 17.3 Å². The Morgan fingerprint density at radius 2 is 2.25 bits per heavy atom. The number of aromatic nitrogens is 2. The van der Waals surface area contributed by atoms with Crippen molar-refractivity contribution in [1.29, 1.82) is 0 Å². The van der Waals surface area contributed by atoms with E-state index in [2.05, 4.69) is 21.8 Å². The molecule has 1 unspecified atom stereocenters. The normalized spacial score (nSPS) is 21.2. The minimum atomic E-state index is 0.271.